The highest BCUT2D eigenvalue weighted by Crippen LogP contribution is 2.37. The number of hydrogen-bond donors (Lipinski definition) is 3. The molecule has 0 aliphatic carbocycles. The average Bonchev–Trinajstić information content (AvgIpc) is 3.43. The fourth-order valence-electron chi connectivity index (χ4n) is 9.47. The molecule has 2 amide bonds. The summed E-state index contributed by atoms with van der Waals surface area (Å²) in [5.41, 5.74) is 7.01. The van der Waals surface area contributed by atoms with Crippen molar-refractivity contribution in [2.24, 2.45) is 0 Å². The molecular formula is C57H61F2N7O8S2. The monoisotopic (exact) mass is 1070 g/mol. The fourth-order valence-corrected chi connectivity index (χ4v) is 12.8. The van der Waals surface area contributed by atoms with Gasteiger partial charge in [0.25, 0.3) is 20.0 Å². The van der Waals surface area contributed by atoms with E-state index in [1.807, 2.05) is 26.0 Å². The molecule has 2 atom stereocenters. The molecule has 15 nitrogen and oxygen atoms in total. The molecular weight excluding hydrogens is 1010 g/mol. The molecule has 3 N–H and O–H groups in total. The van der Waals surface area contributed by atoms with Crippen molar-refractivity contribution in [2.75, 3.05) is 76.8 Å². The van der Waals surface area contributed by atoms with Gasteiger partial charge in [0.2, 0.25) is 11.8 Å². The number of para-hydroxylation sites is 2. The minimum atomic E-state index is -4.12. The summed E-state index contributed by atoms with van der Waals surface area (Å²) in [5, 5.41) is 8.53. The second-order valence-corrected chi connectivity index (χ2v) is 22.5. The van der Waals surface area contributed by atoms with Crippen molar-refractivity contribution in [3.8, 4) is 0 Å². The number of hydrogen-bond acceptors (Lipinski definition) is 11. The second kappa shape index (κ2) is 24.5. The minimum absolute atomic E-state index is 0.0569. The Labute approximate surface area is 443 Å². The van der Waals surface area contributed by atoms with Gasteiger partial charge in [-0.3, -0.25) is 32.7 Å². The van der Waals surface area contributed by atoms with Gasteiger partial charge in [-0.15, -0.1) is 0 Å². The van der Waals surface area contributed by atoms with Crippen LogP contribution in [0.1, 0.15) is 40.7 Å². The summed E-state index contributed by atoms with van der Waals surface area (Å²) in [7, 11) is -8.22. The highest BCUT2D eigenvalue weighted by atomic mass is 32.2. The average molecular weight is 1070 g/mol. The Morgan fingerprint density at radius 3 is 1.53 bits per heavy atom. The SMILES string of the molecule is Cc1ccc(S(=O)(=O)N2c3ccccc3CC(=O)[C@H]2CC(=O)NCc2ccc(NCC[18F])cc2)cc1.Cc1ccc(S(=O)(=O)N2c3ccccc3CC(=O)[C@H]2CC(=O)Nc2ccc(N3CCN(CC[18F])CC3)cc2)cc1. The number of fused-ring (bicyclic) bond motifs is 2. The number of rotatable bonds is 17. The number of nitrogens with zero attached hydrogens (tertiary/aromatic N) is 4. The third-order valence-electron chi connectivity index (χ3n) is 13.6. The van der Waals surface area contributed by atoms with Crippen LogP contribution in [0, 0.1) is 13.8 Å². The van der Waals surface area contributed by atoms with E-state index >= 15 is 0 Å². The fraction of sp³-hybridized carbons (Fsp3) is 0.298. The first-order chi connectivity index (χ1) is 36.5. The highest BCUT2D eigenvalue weighted by molar-refractivity contribution is 7.93. The molecule has 3 heterocycles. The summed E-state index contributed by atoms with van der Waals surface area (Å²) in [6.45, 7) is 6.97. The molecule has 0 unspecified atom stereocenters. The number of halogens is 2. The Morgan fingerprint density at radius 1 is 0.566 bits per heavy atom. The van der Waals surface area contributed by atoms with Crippen LogP contribution in [0.5, 0.6) is 0 Å². The third kappa shape index (κ3) is 12.9. The lowest BCUT2D eigenvalue weighted by Crippen LogP contribution is -2.51. The maximum absolute atomic E-state index is 13.8. The molecule has 0 radical (unpaired) electrons. The number of carbonyl (C=O) groups is 4. The molecule has 0 saturated carbocycles. The first-order valence-corrected chi connectivity index (χ1v) is 28.0. The Balaban J connectivity index is 0.000000203. The number of benzene rings is 6. The quantitative estimate of drug-likeness (QED) is 0.0818. The van der Waals surface area contributed by atoms with E-state index in [2.05, 4.69) is 25.8 Å². The third-order valence-corrected chi connectivity index (χ3v) is 17.2. The first-order valence-electron chi connectivity index (χ1n) is 25.1. The lowest BCUT2D eigenvalue weighted by molar-refractivity contribution is -0.126. The van der Waals surface area contributed by atoms with E-state index in [1.165, 1.54) is 24.3 Å². The zero-order valence-corrected chi connectivity index (χ0v) is 44.0. The van der Waals surface area contributed by atoms with Gasteiger partial charge in [0, 0.05) is 75.7 Å². The molecule has 0 aromatic heterocycles. The molecule has 0 bridgehead atoms. The summed E-state index contributed by atoms with van der Waals surface area (Å²) < 4.78 is 82.2. The number of sulfonamides is 2. The lowest BCUT2D eigenvalue weighted by Gasteiger charge is -2.36. The van der Waals surface area contributed by atoms with Gasteiger partial charge >= 0.3 is 0 Å². The number of carbonyl (C=O) groups excluding carboxylic acids is 4. The Kier molecular flexibility index (Phi) is 17.6. The van der Waals surface area contributed by atoms with Gasteiger partial charge in [0.05, 0.1) is 34.0 Å². The first kappa shape index (κ1) is 54.8. The van der Waals surface area contributed by atoms with Crippen LogP contribution in [0.15, 0.2) is 155 Å². The van der Waals surface area contributed by atoms with Gasteiger partial charge in [-0.25, -0.2) is 25.6 Å². The maximum Gasteiger partial charge on any atom is 0.265 e. The second-order valence-electron chi connectivity index (χ2n) is 18.9. The van der Waals surface area contributed by atoms with Gasteiger partial charge in [-0.05, 0) is 103 Å². The van der Waals surface area contributed by atoms with Crippen LogP contribution < -0.4 is 29.5 Å². The standard InChI is InChI=1S/C30H33FN4O4S.C27H28FN3O4S/c1-22-6-12-26(13-7-22)40(38,39)35-27-5-3-2-4-23(27)20-29(36)28(35)21-30(37)32-24-8-10-25(11-9-24)34-18-16-33(15-14-31)17-19-34;1-19-6-12-23(13-7-19)36(34,35)31-24-5-3-2-4-21(24)16-26(32)25(31)17-27(33)30-18-20-8-10-22(11-9-20)29-15-14-28/h2-13,28H,14-21H2,1H3,(H,32,37);2-13,25,29H,14-18H2,1H3,(H,30,33)/t28-;25-/m11/s1/i31-1;28-1. The minimum Gasteiger partial charge on any atom is -0.382 e. The van der Waals surface area contributed by atoms with Crippen LogP contribution in [-0.4, -0.2) is 110 Å². The van der Waals surface area contributed by atoms with Crippen molar-refractivity contribution in [2.45, 2.75) is 68.0 Å². The van der Waals surface area contributed by atoms with Crippen molar-refractivity contribution in [1.82, 2.24) is 10.2 Å². The van der Waals surface area contributed by atoms with Crippen LogP contribution in [0.4, 0.5) is 37.2 Å². The number of aryl methyl sites for hydroxylation is 2. The molecule has 6 aromatic rings. The van der Waals surface area contributed by atoms with Gasteiger partial charge in [-0.2, -0.15) is 0 Å². The molecule has 9 rings (SSSR count). The van der Waals surface area contributed by atoms with E-state index in [9.17, 15) is 44.8 Å². The maximum atomic E-state index is 13.8. The summed E-state index contributed by atoms with van der Waals surface area (Å²) >= 11 is 0. The van der Waals surface area contributed by atoms with E-state index in [4.69, 9.17) is 0 Å². The number of piperazine rings is 1. The van der Waals surface area contributed by atoms with E-state index in [0.717, 1.165) is 62.9 Å². The number of nitrogens with one attached hydrogen (secondary N) is 3. The molecule has 3 aliphatic heterocycles. The van der Waals surface area contributed by atoms with Crippen LogP contribution in [-0.2, 0) is 58.6 Å². The molecule has 0 spiro atoms. The molecule has 1 saturated heterocycles. The number of alkyl halides is 2. The van der Waals surface area contributed by atoms with Gasteiger partial charge in [0.1, 0.15) is 25.4 Å². The summed E-state index contributed by atoms with van der Waals surface area (Å²) in [6.07, 6.45) is -0.492. The van der Waals surface area contributed by atoms with E-state index in [-0.39, 0.29) is 66.8 Å². The van der Waals surface area contributed by atoms with Crippen molar-refractivity contribution < 1.29 is 44.8 Å². The Morgan fingerprint density at radius 2 is 1.04 bits per heavy atom. The van der Waals surface area contributed by atoms with Gasteiger partial charge < -0.3 is 20.9 Å². The normalized spacial score (nSPS) is 16.7. The van der Waals surface area contributed by atoms with Crippen LogP contribution in [0.25, 0.3) is 0 Å². The molecule has 3 aliphatic rings. The zero-order valence-electron chi connectivity index (χ0n) is 42.3. The zero-order chi connectivity index (χ0) is 54.0. The number of anilines is 5. The van der Waals surface area contributed by atoms with Crippen molar-refractivity contribution in [3.63, 3.8) is 0 Å². The predicted octanol–water partition coefficient (Wildman–Crippen LogP) is 7.58. The summed E-state index contributed by atoms with van der Waals surface area (Å²) in [5.74, 6) is -1.54. The summed E-state index contributed by atoms with van der Waals surface area (Å²) in [4.78, 5) is 56.8. The predicted molar refractivity (Wildman–Crippen MR) is 291 cm³/mol. The van der Waals surface area contributed by atoms with Crippen molar-refractivity contribution >= 4 is 71.9 Å². The lowest BCUT2D eigenvalue weighted by atomic mass is 9.94. The molecule has 76 heavy (non-hydrogen) atoms. The van der Waals surface area contributed by atoms with E-state index in [1.54, 1.807) is 109 Å². The van der Waals surface area contributed by atoms with Crippen molar-refractivity contribution in [3.05, 3.63) is 173 Å². The van der Waals surface area contributed by atoms with Crippen molar-refractivity contribution in [1.29, 1.82) is 0 Å². The topological polar surface area (TPSA) is 186 Å². The van der Waals surface area contributed by atoms with Crippen LogP contribution in [0.2, 0.25) is 0 Å². The Bertz CT molecular complexity index is 3250. The molecule has 1 fully saturated rings. The smallest absolute Gasteiger partial charge is 0.265 e. The number of Topliss-reactive ketones (excluding diaryl/α,β-unsaturated/α-hetero) is 2. The van der Waals surface area contributed by atoms with E-state index < -0.39 is 50.6 Å². The van der Waals surface area contributed by atoms with Gasteiger partial charge in [-0.1, -0.05) is 83.9 Å². The number of amides is 2. The highest BCUT2D eigenvalue weighted by Gasteiger charge is 2.43. The Hall–Kier alpha value is -7.48. The van der Waals surface area contributed by atoms with Crippen LogP contribution >= 0.6 is 0 Å². The molecule has 19 heteroatoms. The van der Waals surface area contributed by atoms with Crippen LogP contribution in [0.3, 0.4) is 0 Å². The largest absolute Gasteiger partial charge is 0.382 e. The summed E-state index contributed by atoms with van der Waals surface area (Å²) in [6, 6.07) is 38.9. The number of ketones is 2. The van der Waals surface area contributed by atoms with Gasteiger partial charge in [0.15, 0.2) is 11.6 Å². The molecule has 6 aromatic carbocycles. The van der Waals surface area contributed by atoms with E-state index in [0.29, 0.717) is 34.7 Å². The molecule has 398 valence electrons.